The number of fused-ring (bicyclic) bond motifs is 1. The zero-order valence-corrected chi connectivity index (χ0v) is 10.3. The predicted molar refractivity (Wildman–Crippen MR) is 64.1 cm³/mol. The lowest BCUT2D eigenvalue weighted by Gasteiger charge is -2.40. The van der Waals surface area contributed by atoms with Crippen molar-refractivity contribution >= 4 is 0 Å². The van der Waals surface area contributed by atoms with E-state index in [9.17, 15) is 5.11 Å². The van der Waals surface area contributed by atoms with E-state index in [0.717, 1.165) is 29.9 Å². The molecule has 3 heteroatoms. The van der Waals surface area contributed by atoms with Crippen LogP contribution < -0.4 is 4.74 Å². The first-order valence-corrected chi connectivity index (χ1v) is 6.20. The minimum Gasteiger partial charge on any atom is -0.484 e. The Morgan fingerprint density at radius 3 is 2.94 bits per heavy atom. The molecule has 0 amide bonds. The van der Waals surface area contributed by atoms with E-state index in [1.807, 2.05) is 32.0 Å². The van der Waals surface area contributed by atoms with E-state index in [1.165, 1.54) is 0 Å². The molecular formula is C14H18O3. The highest BCUT2D eigenvalue weighted by Crippen LogP contribution is 2.45. The van der Waals surface area contributed by atoms with Crippen LogP contribution in [0.15, 0.2) is 18.2 Å². The Morgan fingerprint density at radius 1 is 1.41 bits per heavy atom. The Morgan fingerprint density at radius 2 is 2.24 bits per heavy atom. The quantitative estimate of drug-likeness (QED) is 0.749. The van der Waals surface area contributed by atoms with Crippen LogP contribution in [0.5, 0.6) is 5.75 Å². The number of aliphatic hydroxyl groups is 1. The zero-order chi connectivity index (χ0) is 12.0. The van der Waals surface area contributed by atoms with Crippen LogP contribution in [0.1, 0.15) is 37.0 Å². The monoisotopic (exact) mass is 234 g/mol. The lowest BCUT2D eigenvalue weighted by Crippen LogP contribution is -2.46. The topological polar surface area (TPSA) is 38.7 Å². The number of rotatable bonds is 0. The van der Waals surface area contributed by atoms with Crippen LogP contribution in [0.3, 0.4) is 0 Å². The van der Waals surface area contributed by atoms with Crippen molar-refractivity contribution < 1.29 is 14.6 Å². The second-order valence-electron chi connectivity index (χ2n) is 5.19. The summed E-state index contributed by atoms with van der Waals surface area (Å²) >= 11 is 0. The van der Waals surface area contributed by atoms with Gasteiger partial charge < -0.3 is 14.6 Å². The molecule has 0 bridgehead atoms. The number of hydrogen-bond acceptors (Lipinski definition) is 3. The van der Waals surface area contributed by atoms with Crippen molar-refractivity contribution in [2.24, 2.45) is 0 Å². The van der Waals surface area contributed by atoms with E-state index in [-0.39, 0.29) is 11.7 Å². The van der Waals surface area contributed by atoms with E-state index in [0.29, 0.717) is 6.42 Å². The Kier molecular flexibility index (Phi) is 2.42. The first-order valence-electron chi connectivity index (χ1n) is 6.20. The van der Waals surface area contributed by atoms with Crippen molar-refractivity contribution in [1.29, 1.82) is 0 Å². The van der Waals surface area contributed by atoms with Crippen molar-refractivity contribution in [1.82, 2.24) is 0 Å². The molecule has 1 aromatic rings. The highest BCUT2D eigenvalue weighted by molar-refractivity contribution is 5.41. The molecule has 1 aromatic carbocycles. The fraction of sp³-hybridized carbons (Fsp3) is 0.571. The van der Waals surface area contributed by atoms with Gasteiger partial charge in [0, 0.05) is 18.4 Å². The van der Waals surface area contributed by atoms with E-state index < -0.39 is 6.10 Å². The maximum atomic E-state index is 10.3. The summed E-state index contributed by atoms with van der Waals surface area (Å²) in [5.41, 5.74) is 1.73. The minimum absolute atomic E-state index is 0.0478. The van der Waals surface area contributed by atoms with E-state index in [2.05, 4.69) is 0 Å². The SMILES string of the molecule is Cc1ccc2c(c1)[C@@H](O)CC1(CCOC1C)O2. The van der Waals surface area contributed by atoms with Gasteiger partial charge in [0.1, 0.15) is 11.4 Å². The summed E-state index contributed by atoms with van der Waals surface area (Å²) in [6, 6.07) is 5.98. The van der Waals surface area contributed by atoms with E-state index in [4.69, 9.17) is 9.47 Å². The van der Waals surface area contributed by atoms with Gasteiger partial charge in [0.15, 0.2) is 0 Å². The maximum absolute atomic E-state index is 10.3. The third-order valence-electron chi connectivity index (χ3n) is 4.01. The van der Waals surface area contributed by atoms with Gasteiger partial charge in [0.2, 0.25) is 0 Å². The van der Waals surface area contributed by atoms with Crippen LogP contribution in [0.4, 0.5) is 0 Å². The fourth-order valence-electron chi connectivity index (χ4n) is 2.88. The van der Waals surface area contributed by atoms with Gasteiger partial charge in [-0.2, -0.15) is 0 Å². The molecule has 2 aliphatic rings. The van der Waals surface area contributed by atoms with E-state index in [1.54, 1.807) is 0 Å². The highest BCUT2D eigenvalue weighted by Gasteiger charge is 2.48. The highest BCUT2D eigenvalue weighted by atomic mass is 16.6. The molecule has 0 aliphatic carbocycles. The van der Waals surface area contributed by atoms with Crippen molar-refractivity contribution in [3.8, 4) is 5.75 Å². The van der Waals surface area contributed by atoms with Gasteiger partial charge in [-0.05, 0) is 26.0 Å². The predicted octanol–water partition coefficient (Wildman–Crippen LogP) is 2.36. The lowest BCUT2D eigenvalue weighted by molar-refractivity contribution is -0.0565. The summed E-state index contributed by atoms with van der Waals surface area (Å²) < 4.78 is 11.7. The van der Waals surface area contributed by atoms with Crippen LogP contribution in [0.25, 0.3) is 0 Å². The summed E-state index contributed by atoms with van der Waals surface area (Å²) in [6.07, 6.45) is 1.10. The van der Waals surface area contributed by atoms with Gasteiger partial charge >= 0.3 is 0 Å². The molecule has 2 heterocycles. The first-order chi connectivity index (χ1) is 8.11. The number of ether oxygens (including phenoxy) is 2. The molecule has 0 aromatic heterocycles. The average Bonchev–Trinajstić information content (AvgIpc) is 2.62. The molecule has 17 heavy (non-hydrogen) atoms. The van der Waals surface area contributed by atoms with Gasteiger partial charge in [-0.1, -0.05) is 11.6 Å². The van der Waals surface area contributed by atoms with Crippen LogP contribution in [0.2, 0.25) is 0 Å². The normalized spacial score (nSPS) is 35.7. The summed E-state index contributed by atoms with van der Waals surface area (Å²) in [7, 11) is 0. The average molecular weight is 234 g/mol. The van der Waals surface area contributed by atoms with Crippen LogP contribution >= 0.6 is 0 Å². The largest absolute Gasteiger partial charge is 0.484 e. The zero-order valence-electron chi connectivity index (χ0n) is 10.3. The van der Waals surface area contributed by atoms with Gasteiger partial charge in [0.05, 0.1) is 18.8 Å². The Hall–Kier alpha value is -1.06. The summed E-state index contributed by atoms with van der Waals surface area (Å²) in [6.45, 7) is 4.77. The molecule has 1 N–H and O–H groups in total. The van der Waals surface area contributed by atoms with Crippen LogP contribution in [-0.4, -0.2) is 23.4 Å². The summed E-state index contributed by atoms with van der Waals surface area (Å²) in [5.74, 6) is 0.812. The van der Waals surface area contributed by atoms with Crippen molar-refractivity contribution in [2.45, 2.75) is 44.5 Å². The Bertz CT molecular complexity index is 443. The molecule has 2 aliphatic heterocycles. The van der Waals surface area contributed by atoms with Crippen molar-refractivity contribution in [3.63, 3.8) is 0 Å². The fourth-order valence-corrected chi connectivity index (χ4v) is 2.88. The number of benzene rings is 1. The third-order valence-corrected chi connectivity index (χ3v) is 4.01. The van der Waals surface area contributed by atoms with E-state index >= 15 is 0 Å². The van der Waals surface area contributed by atoms with Crippen LogP contribution in [-0.2, 0) is 4.74 Å². The molecule has 3 rings (SSSR count). The minimum atomic E-state index is -0.442. The summed E-state index contributed by atoms with van der Waals surface area (Å²) in [4.78, 5) is 0. The summed E-state index contributed by atoms with van der Waals surface area (Å²) in [5, 5.41) is 10.3. The standard InChI is InChI=1S/C14H18O3/c1-9-3-4-13-11(7-9)12(15)8-14(17-13)5-6-16-10(14)2/h3-4,7,10,12,15H,5-6,8H2,1-2H3/t10?,12-,14?/m0/s1. The van der Waals surface area contributed by atoms with Gasteiger partial charge in [-0.25, -0.2) is 0 Å². The van der Waals surface area contributed by atoms with Gasteiger partial charge in [0.25, 0.3) is 0 Å². The van der Waals surface area contributed by atoms with Crippen LogP contribution in [0, 0.1) is 6.92 Å². The molecule has 0 radical (unpaired) electrons. The van der Waals surface area contributed by atoms with Gasteiger partial charge in [-0.3, -0.25) is 0 Å². The molecule has 2 unspecified atom stereocenters. The second-order valence-corrected chi connectivity index (χ2v) is 5.19. The Balaban J connectivity index is 2.01. The molecule has 92 valence electrons. The number of hydrogen-bond donors (Lipinski definition) is 1. The molecule has 1 spiro atoms. The second kappa shape index (κ2) is 3.72. The number of aryl methyl sites for hydroxylation is 1. The molecule has 0 saturated carbocycles. The molecule has 1 fully saturated rings. The van der Waals surface area contributed by atoms with Crippen molar-refractivity contribution in [3.05, 3.63) is 29.3 Å². The Labute approximate surface area is 101 Å². The molecule has 3 atom stereocenters. The molecule has 1 saturated heterocycles. The molecular weight excluding hydrogens is 216 g/mol. The smallest absolute Gasteiger partial charge is 0.140 e. The van der Waals surface area contributed by atoms with Crippen molar-refractivity contribution in [2.75, 3.05) is 6.61 Å². The third kappa shape index (κ3) is 1.65. The molecule has 3 nitrogen and oxygen atoms in total. The van der Waals surface area contributed by atoms with Gasteiger partial charge in [-0.15, -0.1) is 0 Å². The first kappa shape index (κ1) is 11.1. The maximum Gasteiger partial charge on any atom is 0.140 e. The number of aliphatic hydroxyl groups excluding tert-OH is 1. The lowest BCUT2D eigenvalue weighted by atomic mass is 9.84.